The lowest BCUT2D eigenvalue weighted by molar-refractivity contribution is 0.620. The van der Waals surface area contributed by atoms with Crippen molar-refractivity contribution in [1.82, 2.24) is 9.97 Å². The number of hydrogen-bond donors (Lipinski definition) is 1. The van der Waals surface area contributed by atoms with Gasteiger partial charge < -0.3 is 10.2 Å². The molecule has 0 unspecified atom stereocenters. The standard InChI is InChI=1S/C14H13N3O/c1-8-6-9(2)12(15)10(7-8)14-17-13-11(18-14)4-3-5-16-13/h3-7H,15H2,1-2H3. The molecule has 0 aliphatic carbocycles. The summed E-state index contributed by atoms with van der Waals surface area (Å²) in [6, 6.07) is 7.69. The number of nitrogens with two attached hydrogens (primary N) is 1. The summed E-state index contributed by atoms with van der Waals surface area (Å²) in [6.45, 7) is 4.00. The number of pyridine rings is 1. The highest BCUT2D eigenvalue weighted by molar-refractivity contribution is 5.79. The van der Waals surface area contributed by atoms with Crippen molar-refractivity contribution in [3.8, 4) is 11.5 Å². The number of nitrogen functional groups attached to an aromatic ring is 1. The van der Waals surface area contributed by atoms with Crippen LogP contribution >= 0.6 is 0 Å². The smallest absolute Gasteiger partial charge is 0.230 e. The van der Waals surface area contributed by atoms with Gasteiger partial charge in [-0.2, -0.15) is 4.98 Å². The number of aryl methyl sites for hydroxylation is 2. The summed E-state index contributed by atoms with van der Waals surface area (Å²) in [5, 5.41) is 0. The first-order chi connectivity index (χ1) is 8.65. The molecule has 0 bridgehead atoms. The van der Waals surface area contributed by atoms with Gasteiger partial charge in [-0.05, 0) is 43.2 Å². The number of rotatable bonds is 1. The third-order valence-electron chi connectivity index (χ3n) is 2.93. The molecule has 0 amide bonds. The molecule has 4 nitrogen and oxygen atoms in total. The van der Waals surface area contributed by atoms with Gasteiger partial charge >= 0.3 is 0 Å². The summed E-state index contributed by atoms with van der Waals surface area (Å²) >= 11 is 0. The van der Waals surface area contributed by atoms with Crippen molar-refractivity contribution in [2.45, 2.75) is 13.8 Å². The van der Waals surface area contributed by atoms with Crippen molar-refractivity contribution in [2.24, 2.45) is 0 Å². The van der Waals surface area contributed by atoms with Crippen molar-refractivity contribution >= 4 is 16.9 Å². The predicted octanol–water partition coefficient (Wildman–Crippen LogP) is 3.09. The molecule has 0 saturated heterocycles. The van der Waals surface area contributed by atoms with E-state index in [1.54, 1.807) is 6.20 Å². The first-order valence-corrected chi connectivity index (χ1v) is 5.74. The average Bonchev–Trinajstić information content (AvgIpc) is 2.77. The molecule has 1 aromatic carbocycles. The molecule has 0 atom stereocenters. The zero-order chi connectivity index (χ0) is 12.7. The minimum absolute atomic E-state index is 0.521. The number of anilines is 1. The molecule has 18 heavy (non-hydrogen) atoms. The molecule has 2 aromatic heterocycles. The molecular weight excluding hydrogens is 226 g/mol. The van der Waals surface area contributed by atoms with Gasteiger partial charge in [0, 0.05) is 11.9 Å². The van der Waals surface area contributed by atoms with Crippen LogP contribution in [0.3, 0.4) is 0 Å². The van der Waals surface area contributed by atoms with E-state index in [1.807, 2.05) is 38.1 Å². The van der Waals surface area contributed by atoms with E-state index < -0.39 is 0 Å². The van der Waals surface area contributed by atoms with Crippen LogP contribution in [0, 0.1) is 13.8 Å². The van der Waals surface area contributed by atoms with Crippen LogP contribution in [0.5, 0.6) is 0 Å². The van der Waals surface area contributed by atoms with E-state index in [0.29, 0.717) is 22.8 Å². The molecule has 90 valence electrons. The van der Waals surface area contributed by atoms with Crippen LogP contribution in [-0.4, -0.2) is 9.97 Å². The Balaban J connectivity index is 2.26. The number of aromatic nitrogens is 2. The number of benzene rings is 1. The minimum atomic E-state index is 0.521. The molecule has 0 aliphatic heterocycles. The maximum atomic E-state index is 6.08. The second kappa shape index (κ2) is 3.84. The van der Waals surface area contributed by atoms with Crippen molar-refractivity contribution < 1.29 is 4.42 Å². The Kier molecular flexibility index (Phi) is 2.30. The second-order valence-corrected chi connectivity index (χ2v) is 4.39. The zero-order valence-electron chi connectivity index (χ0n) is 10.3. The van der Waals surface area contributed by atoms with Gasteiger partial charge in [-0.3, -0.25) is 0 Å². The maximum absolute atomic E-state index is 6.08. The fraction of sp³-hybridized carbons (Fsp3) is 0.143. The summed E-state index contributed by atoms with van der Waals surface area (Å²) in [7, 11) is 0. The minimum Gasteiger partial charge on any atom is -0.434 e. The summed E-state index contributed by atoms with van der Waals surface area (Å²) in [5.74, 6) is 0.521. The van der Waals surface area contributed by atoms with Gasteiger partial charge in [0.1, 0.15) is 0 Å². The zero-order valence-corrected chi connectivity index (χ0v) is 10.3. The molecule has 0 aliphatic rings. The van der Waals surface area contributed by atoms with Crippen molar-refractivity contribution in [3.63, 3.8) is 0 Å². The monoisotopic (exact) mass is 239 g/mol. The van der Waals surface area contributed by atoms with E-state index >= 15 is 0 Å². The first-order valence-electron chi connectivity index (χ1n) is 5.74. The average molecular weight is 239 g/mol. The molecule has 2 heterocycles. The van der Waals surface area contributed by atoms with E-state index in [2.05, 4.69) is 9.97 Å². The van der Waals surface area contributed by atoms with Gasteiger partial charge in [0.05, 0.1) is 5.56 Å². The van der Waals surface area contributed by atoms with Crippen molar-refractivity contribution in [2.75, 3.05) is 5.73 Å². The predicted molar refractivity (Wildman–Crippen MR) is 71.1 cm³/mol. The quantitative estimate of drug-likeness (QED) is 0.663. The highest BCUT2D eigenvalue weighted by atomic mass is 16.3. The molecule has 2 N–H and O–H groups in total. The van der Waals surface area contributed by atoms with Crippen LogP contribution in [0.25, 0.3) is 22.7 Å². The maximum Gasteiger partial charge on any atom is 0.230 e. The molecule has 0 fully saturated rings. The van der Waals surface area contributed by atoms with E-state index in [0.717, 1.165) is 16.7 Å². The van der Waals surface area contributed by atoms with Gasteiger partial charge in [-0.1, -0.05) is 6.07 Å². The molecule has 0 spiro atoms. The van der Waals surface area contributed by atoms with Crippen molar-refractivity contribution in [1.29, 1.82) is 0 Å². The summed E-state index contributed by atoms with van der Waals surface area (Å²) in [6.07, 6.45) is 1.69. The summed E-state index contributed by atoms with van der Waals surface area (Å²) in [4.78, 5) is 8.52. The number of hydrogen-bond acceptors (Lipinski definition) is 4. The Morgan fingerprint density at radius 1 is 1.22 bits per heavy atom. The fourth-order valence-corrected chi connectivity index (χ4v) is 2.04. The Morgan fingerprint density at radius 3 is 2.83 bits per heavy atom. The Hall–Kier alpha value is -2.36. The summed E-state index contributed by atoms with van der Waals surface area (Å²) in [5.41, 5.74) is 11.0. The van der Waals surface area contributed by atoms with E-state index in [4.69, 9.17) is 10.2 Å². The lowest BCUT2D eigenvalue weighted by Crippen LogP contribution is -1.95. The van der Waals surface area contributed by atoms with E-state index in [9.17, 15) is 0 Å². The molecule has 3 rings (SSSR count). The molecule has 0 saturated carbocycles. The largest absolute Gasteiger partial charge is 0.434 e. The Bertz CT molecular complexity index is 698. The van der Waals surface area contributed by atoms with Crippen LogP contribution in [0.4, 0.5) is 5.69 Å². The van der Waals surface area contributed by atoms with Crippen LogP contribution < -0.4 is 5.73 Å². The second-order valence-electron chi connectivity index (χ2n) is 4.39. The van der Waals surface area contributed by atoms with Gasteiger partial charge in [-0.25, -0.2) is 4.98 Å². The van der Waals surface area contributed by atoms with E-state index in [-0.39, 0.29) is 0 Å². The van der Waals surface area contributed by atoms with Crippen LogP contribution in [-0.2, 0) is 0 Å². The van der Waals surface area contributed by atoms with E-state index in [1.165, 1.54) is 0 Å². The molecule has 0 radical (unpaired) electrons. The van der Waals surface area contributed by atoms with Gasteiger partial charge in [0.2, 0.25) is 5.89 Å². The Labute approximate surface area is 104 Å². The molecule has 4 heteroatoms. The third kappa shape index (κ3) is 1.62. The lowest BCUT2D eigenvalue weighted by Gasteiger charge is -2.06. The lowest BCUT2D eigenvalue weighted by atomic mass is 10.0. The number of oxazole rings is 1. The van der Waals surface area contributed by atoms with Gasteiger partial charge in [0.15, 0.2) is 11.2 Å². The number of fused-ring (bicyclic) bond motifs is 1. The normalized spacial score (nSPS) is 11.0. The highest BCUT2D eigenvalue weighted by Gasteiger charge is 2.13. The van der Waals surface area contributed by atoms with Crippen LogP contribution in [0.1, 0.15) is 11.1 Å². The molecular formula is C14H13N3O. The number of nitrogens with zero attached hydrogens (tertiary/aromatic N) is 2. The van der Waals surface area contributed by atoms with Gasteiger partial charge in [-0.15, -0.1) is 0 Å². The summed E-state index contributed by atoms with van der Waals surface area (Å²) < 4.78 is 5.69. The van der Waals surface area contributed by atoms with Crippen LogP contribution in [0.15, 0.2) is 34.9 Å². The highest BCUT2D eigenvalue weighted by Crippen LogP contribution is 2.30. The van der Waals surface area contributed by atoms with Gasteiger partial charge in [0.25, 0.3) is 0 Å². The Morgan fingerprint density at radius 2 is 2.06 bits per heavy atom. The molecule has 3 aromatic rings. The van der Waals surface area contributed by atoms with Crippen molar-refractivity contribution in [3.05, 3.63) is 41.6 Å². The SMILES string of the molecule is Cc1cc(C)c(N)c(-c2nc3ncccc3o2)c1. The third-order valence-corrected chi connectivity index (χ3v) is 2.93. The fourth-order valence-electron chi connectivity index (χ4n) is 2.04. The topological polar surface area (TPSA) is 64.9 Å². The van der Waals surface area contributed by atoms with Crippen LogP contribution in [0.2, 0.25) is 0 Å². The first kappa shape index (κ1) is 10.8.